The second-order valence-corrected chi connectivity index (χ2v) is 5.54. The Kier molecular flexibility index (Phi) is 2.86. The number of hydrogen-bond donors (Lipinski definition) is 0. The van der Waals surface area contributed by atoms with E-state index in [0.29, 0.717) is 11.3 Å². The normalized spacial score (nSPS) is 19.7. The largest absolute Gasteiger partial charge is 0.0587 e. The minimum atomic E-state index is 0.468. The molecule has 0 nitrogen and oxygen atoms in total. The summed E-state index contributed by atoms with van der Waals surface area (Å²) >= 11 is 0. The molecule has 0 aromatic heterocycles. The van der Waals surface area contributed by atoms with Gasteiger partial charge >= 0.3 is 0 Å². The van der Waals surface area contributed by atoms with E-state index in [1.54, 1.807) is 5.56 Å². The molecule has 0 spiro atoms. The van der Waals surface area contributed by atoms with E-state index in [1.165, 1.54) is 31.2 Å². The second kappa shape index (κ2) is 4.00. The highest BCUT2D eigenvalue weighted by Gasteiger charge is 2.30. The third-order valence-corrected chi connectivity index (χ3v) is 3.98. The number of hydrogen-bond acceptors (Lipinski definition) is 0. The molecule has 1 aromatic rings. The van der Waals surface area contributed by atoms with E-state index in [2.05, 4.69) is 45.0 Å². The fraction of sp³-hybridized carbons (Fsp3) is 0.600. The Labute approximate surface area is 93.7 Å². The SMILES string of the molecule is CC(C)c1ccc(C2(C)CCCC2)cc1. The summed E-state index contributed by atoms with van der Waals surface area (Å²) in [7, 11) is 0. The zero-order valence-corrected chi connectivity index (χ0v) is 10.2. The van der Waals surface area contributed by atoms with Gasteiger partial charge in [-0.2, -0.15) is 0 Å². The first-order chi connectivity index (χ1) is 7.12. The van der Waals surface area contributed by atoms with Gasteiger partial charge in [0.1, 0.15) is 0 Å². The first-order valence-corrected chi connectivity index (χ1v) is 6.22. The molecular weight excluding hydrogens is 180 g/mol. The Morgan fingerprint density at radius 2 is 1.53 bits per heavy atom. The first kappa shape index (κ1) is 10.7. The van der Waals surface area contributed by atoms with Gasteiger partial charge in [0.15, 0.2) is 0 Å². The Morgan fingerprint density at radius 3 is 2.00 bits per heavy atom. The Bertz CT molecular complexity index is 312. The van der Waals surface area contributed by atoms with Gasteiger partial charge in [0.25, 0.3) is 0 Å². The summed E-state index contributed by atoms with van der Waals surface area (Å²) in [5.74, 6) is 0.649. The lowest BCUT2D eigenvalue weighted by atomic mass is 9.80. The van der Waals surface area contributed by atoms with E-state index in [0.717, 1.165) is 0 Å². The molecule has 0 N–H and O–H groups in total. The molecule has 1 aliphatic carbocycles. The molecule has 0 saturated heterocycles. The van der Waals surface area contributed by atoms with Gasteiger partial charge in [0.2, 0.25) is 0 Å². The van der Waals surface area contributed by atoms with Crippen molar-refractivity contribution in [2.75, 3.05) is 0 Å². The average molecular weight is 202 g/mol. The molecule has 0 amide bonds. The smallest absolute Gasteiger partial charge is 0.00752 e. The van der Waals surface area contributed by atoms with Gasteiger partial charge in [0.05, 0.1) is 0 Å². The van der Waals surface area contributed by atoms with E-state index in [-0.39, 0.29) is 0 Å². The van der Waals surface area contributed by atoms with Crippen molar-refractivity contribution in [2.24, 2.45) is 0 Å². The van der Waals surface area contributed by atoms with E-state index < -0.39 is 0 Å². The molecule has 0 heterocycles. The van der Waals surface area contributed by atoms with Crippen LogP contribution in [0.15, 0.2) is 24.3 Å². The maximum atomic E-state index is 2.42. The van der Waals surface area contributed by atoms with Crippen LogP contribution in [0.3, 0.4) is 0 Å². The Balaban J connectivity index is 2.23. The van der Waals surface area contributed by atoms with Crippen molar-refractivity contribution in [3.8, 4) is 0 Å². The Morgan fingerprint density at radius 1 is 1.00 bits per heavy atom. The maximum Gasteiger partial charge on any atom is -0.00752 e. The summed E-state index contributed by atoms with van der Waals surface area (Å²) in [5, 5.41) is 0. The quantitative estimate of drug-likeness (QED) is 0.655. The van der Waals surface area contributed by atoms with Gasteiger partial charge in [-0.3, -0.25) is 0 Å². The summed E-state index contributed by atoms with van der Waals surface area (Å²) in [6, 6.07) is 9.31. The molecule has 1 aliphatic rings. The molecule has 0 atom stereocenters. The fourth-order valence-corrected chi connectivity index (χ4v) is 2.71. The molecule has 15 heavy (non-hydrogen) atoms. The summed E-state index contributed by atoms with van der Waals surface area (Å²) in [6.45, 7) is 6.93. The van der Waals surface area contributed by atoms with Gasteiger partial charge in [-0.05, 0) is 35.3 Å². The number of benzene rings is 1. The van der Waals surface area contributed by atoms with Crippen LogP contribution in [-0.4, -0.2) is 0 Å². The standard InChI is InChI=1S/C15H22/c1-12(2)13-6-8-14(9-7-13)15(3)10-4-5-11-15/h6-9,12H,4-5,10-11H2,1-3H3. The van der Waals surface area contributed by atoms with Crippen LogP contribution in [-0.2, 0) is 5.41 Å². The van der Waals surface area contributed by atoms with Crippen molar-refractivity contribution in [2.45, 2.75) is 57.8 Å². The number of rotatable bonds is 2. The maximum absolute atomic E-state index is 2.42. The minimum Gasteiger partial charge on any atom is -0.0587 e. The van der Waals surface area contributed by atoms with Gasteiger partial charge in [-0.15, -0.1) is 0 Å². The molecule has 1 fully saturated rings. The lowest BCUT2D eigenvalue weighted by Gasteiger charge is -2.24. The zero-order valence-electron chi connectivity index (χ0n) is 10.2. The molecule has 0 aliphatic heterocycles. The summed E-state index contributed by atoms with van der Waals surface area (Å²) < 4.78 is 0. The third-order valence-electron chi connectivity index (χ3n) is 3.98. The molecule has 2 rings (SSSR count). The van der Waals surface area contributed by atoms with Crippen LogP contribution in [0.2, 0.25) is 0 Å². The van der Waals surface area contributed by atoms with E-state index >= 15 is 0 Å². The van der Waals surface area contributed by atoms with Crippen molar-refractivity contribution in [3.63, 3.8) is 0 Å². The van der Waals surface area contributed by atoms with Crippen LogP contribution in [0, 0.1) is 0 Å². The van der Waals surface area contributed by atoms with Crippen molar-refractivity contribution in [1.82, 2.24) is 0 Å². The van der Waals surface area contributed by atoms with E-state index in [4.69, 9.17) is 0 Å². The highest BCUT2D eigenvalue weighted by Crippen LogP contribution is 2.40. The van der Waals surface area contributed by atoms with Crippen molar-refractivity contribution in [3.05, 3.63) is 35.4 Å². The van der Waals surface area contributed by atoms with Crippen LogP contribution in [0.25, 0.3) is 0 Å². The lowest BCUT2D eigenvalue weighted by Crippen LogP contribution is -2.16. The van der Waals surface area contributed by atoms with Crippen LogP contribution < -0.4 is 0 Å². The topological polar surface area (TPSA) is 0 Å². The molecule has 0 heteroatoms. The first-order valence-electron chi connectivity index (χ1n) is 6.22. The van der Waals surface area contributed by atoms with Gasteiger partial charge in [-0.1, -0.05) is 57.9 Å². The van der Waals surface area contributed by atoms with Gasteiger partial charge in [0, 0.05) is 0 Å². The van der Waals surface area contributed by atoms with Crippen LogP contribution in [0.5, 0.6) is 0 Å². The van der Waals surface area contributed by atoms with Gasteiger partial charge < -0.3 is 0 Å². The zero-order chi connectivity index (χ0) is 10.9. The van der Waals surface area contributed by atoms with Crippen LogP contribution in [0.4, 0.5) is 0 Å². The molecule has 1 aromatic carbocycles. The molecule has 0 radical (unpaired) electrons. The summed E-state index contributed by atoms with van der Waals surface area (Å²) in [6.07, 6.45) is 5.55. The molecule has 0 bridgehead atoms. The van der Waals surface area contributed by atoms with Crippen molar-refractivity contribution in [1.29, 1.82) is 0 Å². The third kappa shape index (κ3) is 2.09. The Hall–Kier alpha value is -0.780. The predicted octanol–water partition coefficient (Wildman–Crippen LogP) is 4.64. The van der Waals surface area contributed by atoms with Crippen molar-refractivity contribution < 1.29 is 0 Å². The molecule has 82 valence electrons. The summed E-state index contributed by atoms with van der Waals surface area (Å²) in [4.78, 5) is 0. The molecule has 0 unspecified atom stereocenters. The van der Waals surface area contributed by atoms with Gasteiger partial charge in [-0.25, -0.2) is 0 Å². The lowest BCUT2D eigenvalue weighted by molar-refractivity contribution is 0.491. The predicted molar refractivity (Wildman–Crippen MR) is 66.4 cm³/mol. The fourth-order valence-electron chi connectivity index (χ4n) is 2.71. The monoisotopic (exact) mass is 202 g/mol. The van der Waals surface area contributed by atoms with E-state index in [1.807, 2.05) is 0 Å². The highest BCUT2D eigenvalue weighted by atomic mass is 14.3. The van der Waals surface area contributed by atoms with Crippen LogP contribution in [0.1, 0.15) is 63.5 Å². The van der Waals surface area contributed by atoms with Crippen LogP contribution >= 0.6 is 0 Å². The minimum absolute atomic E-state index is 0.468. The summed E-state index contributed by atoms with van der Waals surface area (Å²) in [5.41, 5.74) is 3.47. The van der Waals surface area contributed by atoms with E-state index in [9.17, 15) is 0 Å². The molecule has 1 saturated carbocycles. The molecular formula is C15H22. The van der Waals surface area contributed by atoms with Crippen molar-refractivity contribution >= 4 is 0 Å². The highest BCUT2D eigenvalue weighted by molar-refractivity contribution is 5.30. The second-order valence-electron chi connectivity index (χ2n) is 5.54. The average Bonchev–Trinajstić information content (AvgIpc) is 2.67.